The van der Waals surface area contributed by atoms with Crippen LogP contribution >= 0.6 is 27.7 Å². The third kappa shape index (κ3) is 5.05. The summed E-state index contributed by atoms with van der Waals surface area (Å²) >= 11 is 5.86. The van der Waals surface area contributed by atoms with E-state index < -0.39 is 5.97 Å². The molecule has 1 fully saturated rings. The van der Waals surface area contributed by atoms with E-state index in [-0.39, 0.29) is 0 Å². The number of hydrogen-bond donors (Lipinski definition) is 2. The molecule has 1 atom stereocenters. The van der Waals surface area contributed by atoms with Crippen molar-refractivity contribution in [1.82, 2.24) is 5.32 Å². The average Bonchev–Trinajstić information content (AvgIpc) is 2.97. The standard InChI is InChI=1S/C25H32BrNO2S/c1-16-10-13-30-25(21-14-19-8-11-27-12-9-20(19)15-22(21)26)24(16)18-5-2-17(3-6-18)4-7-23(28)29/h10,13-15,17-18,25,27H,2-9,11-12H2,1H3,(H,28,29)/t17-,18-,25?. The van der Waals surface area contributed by atoms with Gasteiger partial charge >= 0.3 is 5.97 Å². The van der Waals surface area contributed by atoms with Gasteiger partial charge in [-0.05, 0) is 116 Å². The molecule has 0 bridgehead atoms. The zero-order valence-corrected chi connectivity index (χ0v) is 20.2. The first-order valence-corrected chi connectivity index (χ1v) is 13.0. The summed E-state index contributed by atoms with van der Waals surface area (Å²) in [4.78, 5) is 10.9. The van der Waals surface area contributed by atoms with Crippen molar-refractivity contribution in [2.45, 2.75) is 63.5 Å². The second kappa shape index (κ2) is 10.1. The molecule has 5 heteroatoms. The van der Waals surface area contributed by atoms with E-state index in [1.54, 1.807) is 5.57 Å². The molecule has 0 spiro atoms. The molecule has 0 radical (unpaired) electrons. The molecule has 4 rings (SSSR count). The van der Waals surface area contributed by atoms with Gasteiger partial charge in [0.15, 0.2) is 0 Å². The summed E-state index contributed by atoms with van der Waals surface area (Å²) < 4.78 is 1.25. The van der Waals surface area contributed by atoms with E-state index >= 15 is 0 Å². The van der Waals surface area contributed by atoms with Crippen LogP contribution in [0.5, 0.6) is 0 Å². The van der Waals surface area contributed by atoms with Crippen molar-refractivity contribution >= 4 is 33.7 Å². The number of halogens is 1. The van der Waals surface area contributed by atoms with Crippen LogP contribution in [0.15, 0.2) is 39.2 Å². The highest BCUT2D eigenvalue weighted by Crippen LogP contribution is 2.51. The first-order valence-electron chi connectivity index (χ1n) is 11.3. The van der Waals surface area contributed by atoms with Gasteiger partial charge in [-0.1, -0.05) is 28.1 Å². The van der Waals surface area contributed by atoms with E-state index in [1.165, 1.54) is 39.6 Å². The fourth-order valence-corrected chi connectivity index (χ4v) is 7.46. The highest BCUT2D eigenvalue weighted by molar-refractivity contribution is 9.10. The SMILES string of the molecule is CC1=C([C@H]2CC[C@H](CCC(=O)O)CC2)C(c2cc3c(cc2Br)CCNCC3)SC=C1. The van der Waals surface area contributed by atoms with Crippen LogP contribution in [-0.4, -0.2) is 24.2 Å². The Morgan fingerprint density at radius 2 is 1.87 bits per heavy atom. The number of thioether (sulfide) groups is 1. The third-order valence-corrected chi connectivity index (χ3v) is 8.83. The number of rotatable bonds is 5. The number of carboxylic acids is 1. The Balaban J connectivity index is 1.55. The normalized spacial score (nSPS) is 26.9. The first kappa shape index (κ1) is 22.2. The highest BCUT2D eigenvalue weighted by atomic mass is 79.9. The number of benzene rings is 1. The lowest BCUT2D eigenvalue weighted by Crippen LogP contribution is -2.21. The zero-order valence-electron chi connectivity index (χ0n) is 17.8. The lowest BCUT2D eigenvalue weighted by atomic mass is 9.74. The van der Waals surface area contributed by atoms with Crippen molar-refractivity contribution in [2.75, 3.05) is 13.1 Å². The Hall–Kier alpha value is -1.04. The largest absolute Gasteiger partial charge is 0.481 e. The quantitative estimate of drug-likeness (QED) is 0.500. The van der Waals surface area contributed by atoms with Gasteiger partial charge < -0.3 is 10.4 Å². The number of fused-ring (bicyclic) bond motifs is 1. The Morgan fingerprint density at radius 3 is 2.57 bits per heavy atom. The maximum absolute atomic E-state index is 10.9. The van der Waals surface area contributed by atoms with Gasteiger partial charge in [-0.25, -0.2) is 0 Å². The topological polar surface area (TPSA) is 49.3 Å². The lowest BCUT2D eigenvalue weighted by Gasteiger charge is -2.36. The minimum Gasteiger partial charge on any atom is -0.481 e. The Morgan fingerprint density at radius 1 is 1.17 bits per heavy atom. The molecule has 162 valence electrons. The van der Waals surface area contributed by atoms with Gasteiger partial charge in [0, 0.05) is 10.9 Å². The van der Waals surface area contributed by atoms with Crippen LogP contribution in [0, 0.1) is 11.8 Å². The van der Waals surface area contributed by atoms with E-state index in [9.17, 15) is 4.79 Å². The summed E-state index contributed by atoms with van der Waals surface area (Å²) in [7, 11) is 0. The molecule has 1 saturated carbocycles. The van der Waals surface area contributed by atoms with Crippen LogP contribution in [0.4, 0.5) is 0 Å². The molecule has 0 saturated heterocycles. The molecule has 1 aromatic carbocycles. The molecule has 2 N–H and O–H groups in total. The van der Waals surface area contributed by atoms with E-state index in [1.807, 2.05) is 11.8 Å². The minimum atomic E-state index is -0.659. The van der Waals surface area contributed by atoms with Gasteiger partial charge in [-0.3, -0.25) is 4.79 Å². The van der Waals surface area contributed by atoms with E-state index in [4.69, 9.17) is 5.11 Å². The molecule has 3 aliphatic rings. The van der Waals surface area contributed by atoms with Crippen LogP contribution < -0.4 is 5.32 Å². The predicted octanol–water partition coefficient (Wildman–Crippen LogP) is 6.43. The van der Waals surface area contributed by atoms with Crippen molar-refractivity contribution in [3.05, 3.63) is 55.9 Å². The highest BCUT2D eigenvalue weighted by Gasteiger charge is 2.32. The summed E-state index contributed by atoms with van der Waals surface area (Å²) in [5.41, 5.74) is 7.44. The van der Waals surface area contributed by atoms with Gasteiger partial charge in [0.05, 0.1) is 5.25 Å². The van der Waals surface area contributed by atoms with Crippen LogP contribution in [0.1, 0.15) is 67.4 Å². The van der Waals surface area contributed by atoms with Crippen LogP contribution in [0.25, 0.3) is 0 Å². The fourth-order valence-electron chi connectivity index (χ4n) is 5.38. The monoisotopic (exact) mass is 489 g/mol. The number of carboxylic acid groups (broad SMARTS) is 1. The summed E-state index contributed by atoms with van der Waals surface area (Å²) in [5.74, 6) is 0.531. The van der Waals surface area contributed by atoms with Gasteiger partial charge in [0.1, 0.15) is 0 Å². The minimum absolute atomic E-state index is 0.315. The average molecular weight is 491 g/mol. The van der Waals surface area contributed by atoms with Crippen LogP contribution in [0.2, 0.25) is 0 Å². The number of allylic oxidation sites excluding steroid dienone is 2. The summed E-state index contributed by atoms with van der Waals surface area (Å²) in [6.45, 7) is 4.40. The predicted molar refractivity (Wildman–Crippen MR) is 129 cm³/mol. The van der Waals surface area contributed by atoms with Gasteiger partial charge in [0.2, 0.25) is 0 Å². The van der Waals surface area contributed by atoms with Crippen molar-refractivity contribution < 1.29 is 9.90 Å². The number of hydrogen-bond acceptors (Lipinski definition) is 3. The molecular weight excluding hydrogens is 458 g/mol. The maximum Gasteiger partial charge on any atom is 0.303 e. The molecular formula is C25H32BrNO2S. The van der Waals surface area contributed by atoms with Crippen LogP contribution in [0.3, 0.4) is 0 Å². The molecule has 0 amide bonds. The fraction of sp³-hybridized carbons (Fsp3) is 0.560. The molecule has 2 aliphatic heterocycles. The van der Waals surface area contributed by atoms with Crippen molar-refractivity contribution in [3.63, 3.8) is 0 Å². The molecule has 2 heterocycles. The second-order valence-corrected chi connectivity index (χ2v) is 10.9. The Labute approximate surface area is 192 Å². The van der Waals surface area contributed by atoms with Crippen molar-refractivity contribution in [3.8, 4) is 0 Å². The Kier molecular flexibility index (Phi) is 7.43. The lowest BCUT2D eigenvalue weighted by molar-refractivity contribution is -0.137. The van der Waals surface area contributed by atoms with E-state index in [0.717, 1.165) is 45.2 Å². The van der Waals surface area contributed by atoms with Crippen molar-refractivity contribution in [2.24, 2.45) is 11.8 Å². The van der Waals surface area contributed by atoms with Gasteiger partial charge in [-0.2, -0.15) is 0 Å². The van der Waals surface area contributed by atoms with E-state index in [2.05, 4.69) is 51.8 Å². The third-order valence-electron chi connectivity index (χ3n) is 7.07. The van der Waals surface area contributed by atoms with Crippen LogP contribution in [-0.2, 0) is 17.6 Å². The maximum atomic E-state index is 10.9. The molecule has 1 aliphatic carbocycles. The summed E-state index contributed by atoms with van der Waals surface area (Å²) in [6.07, 6.45) is 10.3. The zero-order chi connectivity index (χ0) is 21.1. The second-order valence-electron chi connectivity index (χ2n) is 9.00. The number of aliphatic carboxylic acids is 1. The molecule has 1 unspecified atom stereocenters. The van der Waals surface area contributed by atoms with E-state index in [0.29, 0.717) is 23.5 Å². The number of nitrogens with one attached hydrogen (secondary N) is 1. The Bertz CT molecular complexity index is 855. The molecule has 0 aromatic heterocycles. The molecule has 1 aromatic rings. The summed E-state index contributed by atoms with van der Waals surface area (Å²) in [5, 5.41) is 15.2. The van der Waals surface area contributed by atoms with Gasteiger partial charge in [-0.15, -0.1) is 11.8 Å². The smallest absolute Gasteiger partial charge is 0.303 e. The molecule has 30 heavy (non-hydrogen) atoms. The van der Waals surface area contributed by atoms with Gasteiger partial charge in [0.25, 0.3) is 0 Å². The number of carbonyl (C=O) groups is 1. The van der Waals surface area contributed by atoms with Crippen molar-refractivity contribution in [1.29, 1.82) is 0 Å². The molecule has 3 nitrogen and oxygen atoms in total. The summed E-state index contributed by atoms with van der Waals surface area (Å²) in [6, 6.07) is 4.83. The first-order chi connectivity index (χ1) is 14.5.